The fourth-order valence-corrected chi connectivity index (χ4v) is 1.15. The van der Waals surface area contributed by atoms with E-state index in [1.54, 1.807) is 0 Å². The quantitative estimate of drug-likeness (QED) is 0.535. The van der Waals surface area contributed by atoms with Crippen LogP contribution in [-0.4, -0.2) is 25.0 Å². The molecule has 0 fully saturated rings. The minimum Gasteiger partial charge on any atom is -0.299 e. The van der Waals surface area contributed by atoms with Crippen molar-refractivity contribution < 1.29 is 0 Å². The molecule has 0 atom stereocenters. The van der Waals surface area contributed by atoms with Gasteiger partial charge in [-0.2, -0.15) is 0 Å². The van der Waals surface area contributed by atoms with Crippen LogP contribution in [0.25, 0.3) is 0 Å². The van der Waals surface area contributed by atoms with Crippen molar-refractivity contribution in [2.24, 2.45) is 0 Å². The topological polar surface area (TPSA) is 3.24 Å². The molecule has 0 amide bonds. The molecule has 0 rings (SSSR count). The Morgan fingerprint density at radius 3 is 1.57 bits per heavy atom. The number of rotatable bonds is 8. The van der Waals surface area contributed by atoms with Crippen LogP contribution in [0.4, 0.5) is 0 Å². The summed E-state index contributed by atoms with van der Waals surface area (Å²) in [7, 11) is 2.16. The summed E-state index contributed by atoms with van der Waals surface area (Å²) < 4.78 is 0. The third-order valence-corrected chi connectivity index (χ3v) is 2.08. The Morgan fingerprint density at radius 2 is 1.21 bits per heavy atom. The maximum absolute atomic E-state index is 2.32. The highest BCUT2D eigenvalue weighted by Crippen LogP contribution is 1.92. The fourth-order valence-electron chi connectivity index (χ4n) is 1.15. The SMILES string of the molecule is CCCC=CCN(C)CC=CCCC. The van der Waals surface area contributed by atoms with Crippen LogP contribution in [0.5, 0.6) is 0 Å². The minimum atomic E-state index is 1.07. The van der Waals surface area contributed by atoms with Crippen molar-refractivity contribution in [1.82, 2.24) is 4.90 Å². The van der Waals surface area contributed by atoms with Crippen LogP contribution >= 0.6 is 0 Å². The Hall–Kier alpha value is -0.560. The lowest BCUT2D eigenvalue weighted by molar-refractivity contribution is 0.411. The molecule has 0 aromatic rings. The van der Waals surface area contributed by atoms with Gasteiger partial charge in [-0.05, 0) is 19.9 Å². The van der Waals surface area contributed by atoms with Crippen molar-refractivity contribution in [3.05, 3.63) is 24.3 Å². The number of hydrogen-bond donors (Lipinski definition) is 0. The van der Waals surface area contributed by atoms with Crippen molar-refractivity contribution in [1.29, 1.82) is 0 Å². The van der Waals surface area contributed by atoms with E-state index in [0.29, 0.717) is 0 Å². The second-order valence-electron chi connectivity index (χ2n) is 3.74. The highest BCUT2D eigenvalue weighted by atomic mass is 15.1. The molecule has 0 heterocycles. The summed E-state index contributed by atoms with van der Waals surface area (Å²) in [5.74, 6) is 0. The molecule has 14 heavy (non-hydrogen) atoms. The van der Waals surface area contributed by atoms with Crippen molar-refractivity contribution in [3.63, 3.8) is 0 Å². The van der Waals surface area contributed by atoms with E-state index in [1.807, 2.05) is 0 Å². The number of unbranched alkanes of at least 4 members (excludes halogenated alkanes) is 2. The van der Waals surface area contributed by atoms with Crippen LogP contribution in [0.1, 0.15) is 39.5 Å². The normalized spacial score (nSPS) is 12.3. The van der Waals surface area contributed by atoms with Gasteiger partial charge in [0.2, 0.25) is 0 Å². The first-order valence-corrected chi connectivity index (χ1v) is 5.79. The van der Waals surface area contributed by atoms with Crippen molar-refractivity contribution in [3.8, 4) is 0 Å². The standard InChI is InChI=1S/C13H25N/c1-4-6-8-10-12-14(3)13-11-9-7-5-2/h8-11H,4-7,12-13H2,1-3H3. The zero-order chi connectivity index (χ0) is 10.6. The molecule has 0 unspecified atom stereocenters. The second kappa shape index (κ2) is 10.5. The van der Waals surface area contributed by atoms with Gasteiger partial charge < -0.3 is 0 Å². The van der Waals surface area contributed by atoms with Gasteiger partial charge >= 0.3 is 0 Å². The van der Waals surface area contributed by atoms with Gasteiger partial charge in [-0.15, -0.1) is 0 Å². The summed E-state index contributed by atoms with van der Waals surface area (Å²) >= 11 is 0. The van der Waals surface area contributed by atoms with Crippen LogP contribution in [0.3, 0.4) is 0 Å². The van der Waals surface area contributed by atoms with E-state index in [-0.39, 0.29) is 0 Å². The van der Waals surface area contributed by atoms with Gasteiger partial charge in [0.15, 0.2) is 0 Å². The first-order chi connectivity index (χ1) is 6.81. The van der Waals surface area contributed by atoms with Crippen molar-refractivity contribution in [2.75, 3.05) is 20.1 Å². The molecule has 0 aliphatic heterocycles. The number of hydrogen-bond acceptors (Lipinski definition) is 1. The van der Waals surface area contributed by atoms with Gasteiger partial charge in [0.25, 0.3) is 0 Å². The molecule has 0 saturated heterocycles. The van der Waals surface area contributed by atoms with Crippen LogP contribution in [-0.2, 0) is 0 Å². The largest absolute Gasteiger partial charge is 0.299 e. The highest BCUT2D eigenvalue weighted by Gasteiger charge is 1.89. The summed E-state index contributed by atoms with van der Waals surface area (Å²) in [4.78, 5) is 2.32. The zero-order valence-corrected chi connectivity index (χ0v) is 10.00. The van der Waals surface area contributed by atoms with Crippen LogP contribution in [0.2, 0.25) is 0 Å². The Bertz CT molecular complexity index is 141. The molecule has 1 nitrogen and oxygen atoms in total. The molecule has 0 spiro atoms. The zero-order valence-electron chi connectivity index (χ0n) is 10.00. The van der Waals surface area contributed by atoms with E-state index in [2.05, 4.69) is 50.1 Å². The van der Waals surface area contributed by atoms with Crippen LogP contribution in [0.15, 0.2) is 24.3 Å². The molecule has 82 valence electrons. The Morgan fingerprint density at radius 1 is 0.786 bits per heavy atom. The van der Waals surface area contributed by atoms with Gasteiger partial charge in [-0.25, -0.2) is 0 Å². The lowest BCUT2D eigenvalue weighted by Gasteiger charge is -2.10. The average molecular weight is 195 g/mol. The second-order valence-corrected chi connectivity index (χ2v) is 3.74. The molecule has 0 aliphatic carbocycles. The predicted molar refractivity (Wildman–Crippen MR) is 65.6 cm³/mol. The number of nitrogens with zero attached hydrogens (tertiary/aromatic N) is 1. The average Bonchev–Trinajstić information content (AvgIpc) is 2.19. The van der Waals surface area contributed by atoms with E-state index < -0.39 is 0 Å². The third-order valence-electron chi connectivity index (χ3n) is 2.08. The summed E-state index contributed by atoms with van der Waals surface area (Å²) in [6.07, 6.45) is 14.0. The third kappa shape index (κ3) is 9.53. The molecule has 0 radical (unpaired) electrons. The molecule has 0 aromatic carbocycles. The molecular formula is C13H25N. The molecule has 0 bridgehead atoms. The Kier molecular flexibility index (Phi) is 10.1. The maximum Gasteiger partial charge on any atom is 0.0163 e. The van der Waals surface area contributed by atoms with E-state index >= 15 is 0 Å². The predicted octanol–water partition coefficient (Wildman–Crippen LogP) is 3.63. The van der Waals surface area contributed by atoms with Gasteiger partial charge in [0.1, 0.15) is 0 Å². The Balaban J connectivity index is 3.40. The monoisotopic (exact) mass is 195 g/mol. The first kappa shape index (κ1) is 13.4. The minimum absolute atomic E-state index is 1.07. The molecule has 1 heteroatoms. The summed E-state index contributed by atoms with van der Waals surface area (Å²) in [6, 6.07) is 0. The number of likely N-dealkylation sites (N-methyl/N-ethyl adjacent to an activating group) is 1. The van der Waals surface area contributed by atoms with Crippen LogP contribution in [0, 0.1) is 0 Å². The van der Waals surface area contributed by atoms with Gasteiger partial charge in [-0.3, -0.25) is 4.90 Å². The van der Waals surface area contributed by atoms with Crippen LogP contribution < -0.4 is 0 Å². The first-order valence-electron chi connectivity index (χ1n) is 5.79. The highest BCUT2D eigenvalue weighted by molar-refractivity contribution is 4.88. The molecule has 0 aromatic heterocycles. The van der Waals surface area contributed by atoms with E-state index in [1.165, 1.54) is 25.7 Å². The summed E-state index contributed by atoms with van der Waals surface area (Å²) in [5.41, 5.74) is 0. The van der Waals surface area contributed by atoms with Gasteiger partial charge in [-0.1, -0.05) is 51.0 Å². The van der Waals surface area contributed by atoms with Crippen molar-refractivity contribution >= 4 is 0 Å². The van der Waals surface area contributed by atoms with Gasteiger partial charge in [0, 0.05) is 13.1 Å². The summed E-state index contributed by atoms with van der Waals surface area (Å²) in [5, 5.41) is 0. The van der Waals surface area contributed by atoms with Crippen molar-refractivity contribution in [2.45, 2.75) is 39.5 Å². The lowest BCUT2D eigenvalue weighted by atomic mass is 10.3. The van der Waals surface area contributed by atoms with E-state index in [4.69, 9.17) is 0 Å². The number of allylic oxidation sites excluding steroid dienone is 2. The molecule has 0 N–H and O–H groups in total. The van der Waals surface area contributed by atoms with E-state index in [0.717, 1.165) is 13.1 Å². The van der Waals surface area contributed by atoms with Gasteiger partial charge in [0.05, 0.1) is 0 Å². The molecule has 0 aliphatic rings. The van der Waals surface area contributed by atoms with E-state index in [9.17, 15) is 0 Å². The summed E-state index contributed by atoms with van der Waals surface area (Å²) in [6.45, 7) is 6.55. The fraction of sp³-hybridized carbons (Fsp3) is 0.692. The smallest absolute Gasteiger partial charge is 0.0163 e. The maximum atomic E-state index is 2.32. The molecular weight excluding hydrogens is 170 g/mol. The lowest BCUT2D eigenvalue weighted by Crippen LogP contribution is -2.17. The molecule has 0 saturated carbocycles. The Labute approximate surface area is 89.5 Å².